The Morgan fingerprint density at radius 2 is 1.23 bits per heavy atom. The van der Waals surface area contributed by atoms with Crippen LogP contribution in [0.2, 0.25) is 0 Å². The molecule has 3 aromatic carbocycles. The molecule has 0 radical (unpaired) electrons. The number of thiol groups is 1. The molecule has 0 N–H and O–H groups in total. The molecule has 0 aliphatic rings. The van der Waals surface area contributed by atoms with Crippen LogP contribution in [0.15, 0.2) is 89.8 Å². The van der Waals surface area contributed by atoms with Crippen LogP contribution in [0.5, 0.6) is 0 Å². The maximum atomic E-state index is 4.83. The summed E-state index contributed by atoms with van der Waals surface area (Å²) in [6.45, 7) is 0. The summed E-state index contributed by atoms with van der Waals surface area (Å²) in [5.74, 6) is 0. The second-order valence-corrected chi connectivity index (χ2v) is 5.70. The van der Waals surface area contributed by atoms with Gasteiger partial charge in [0.25, 0.3) is 0 Å². The van der Waals surface area contributed by atoms with E-state index < -0.39 is 0 Å². The monoisotopic (exact) mass is 301 g/mol. The van der Waals surface area contributed by atoms with E-state index in [4.69, 9.17) is 12.6 Å². The molecular weight excluding hydrogens is 286 g/mol. The van der Waals surface area contributed by atoms with Gasteiger partial charge >= 0.3 is 0 Å². The van der Waals surface area contributed by atoms with Crippen LogP contribution in [0.25, 0.3) is 27.8 Å². The Labute approximate surface area is 135 Å². The molecule has 22 heavy (non-hydrogen) atoms. The van der Waals surface area contributed by atoms with Crippen LogP contribution < -0.4 is 0 Å². The number of hydrogen-bond acceptors (Lipinski definition) is 1. The van der Waals surface area contributed by atoms with Crippen molar-refractivity contribution in [2.24, 2.45) is 0 Å². The van der Waals surface area contributed by atoms with Crippen molar-refractivity contribution in [3.63, 3.8) is 0 Å². The van der Waals surface area contributed by atoms with E-state index in [0.717, 1.165) is 16.3 Å². The predicted molar refractivity (Wildman–Crippen MR) is 96.0 cm³/mol. The maximum absolute atomic E-state index is 4.83. The lowest BCUT2D eigenvalue weighted by molar-refractivity contribution is 1.12. The maximum Gasteiger partial charge on any atom is 0.0674 e. The zero-order valence-electron chi connectivity index (χ0n) is 12.0. The van der Waals surface area contributed by atoms with Gasteiger partial charge < -0.3 is 4.57 Å². The van der Waals surface area contributed by atoms with E-state index in [1.54, 1.807) is 0 Å². The molecule has 0 saturated carbocycles. The average Bonchev–Trinajstić information content (AvgIpc) is 2.90. The van der Waals surface area contributed by atoms with Crippen LogP contribution in [0.3, 0.4) is 0 Å². The lowest BCUT2D eigenvalue weighted by Gasteiger charge is -2.11. The van der Waals surface area contributed by atoms with Crippen molar-refractivity contribution >= 4 is 23.5 Å². The first kappa shape index (κ1) is 13.2. The summed E-state index contributed by atoms with van der Waals surface area (Å²) < 4.78 is 2.28. The minimum atomic E-state index is 1.02. The molecule has 0 aliphatic heterocycles. The normalized spacial score (nSPS) is 11.0. The Morgan fingerprint density at radius 1 is 0.636 bits per heavy atom. The topological polar surface area (TPSA) is 4.93 Å². The Bertz CT molecular complexity index is 924. The van der Waals surface area contributed by atoms with Gasteiger partial charge in [0.05, 0.1) is 11.2 Å². The minimum absolute atomic E-state index is 1.02. The summed E-state index contributed by atoms with van der Waals surface area (Å²) in [6.07, 6.45) is 0. The summed E-state index contributed by atoms with van der Waals surface area (Å²) in [5, 5.41) is 1.17. The molecule has 4 rings (SSSR count). The molecule has 0 saturated heterocycles. The van der Waals surface area contributed by atoms with Crippen LogP contribution in [-0.4, -0.2) is 4.57 Å². The third kappa shape index (κ3) is 2.04. The molecule has 1 heterocycles. The van der Waals surface area contributed by atoms with Crippen molar-refractivity contribution in [2.75, 3.05) is 0 Å². The standard InChI is InChI=1S/C20H15NS/c22-20-17-13-7-8-14-18(17)21(16-11-5-2-6-12-16)19(20)15-9-3-1-4-10-15/h1-14,22H. The number of nitrogens with zero attached hydrogens (tertiary/aromatic N) is 1. The molecule has 0 fully saturated rings. The van der Waals surface area contributed by atoms with Gasteiger partial charge in [0, 0.05) is 16.0 Å². The van der Waals surface area contributed by atoms with Crippen molar-refractivity contribution in [1.82, 2.24) is 4.57 Å². The fourth-order valence-electron chi connectivity index (χ4n) is 2.93. The SMILES string of the molecule is Sc1c(-c2ccccc2)n(-c2ccccc2)c2ccccc12. The molecule has 0 bridgehead atoms. The van der Waals surface area contributed by atoms with Gasteiger partial charge in [-0.05, 0) is 23.8 Å². The van der Waals surface area contributed by atoms with Gasteiger partial charge in [-0.15, -0.1) is 12.6 Å². The third-order valence-electron chi connectivity index (χ3n) is 3.91. The summed E-state index contributed by atoms with van der Waals surface area (Å²) >= 11 is 4.83. The molecule has 4 aromatic rings. The fourth-order valence-corrected chi connectivity index (χ4v) is 3.35. The van der Waals surface area contributed by atoms with Crippen LogP contribution in [-0.2, 0) is 0 Å². The number of aromatic nitrogens is 1. The average molecular weight is 301 g/mol. The molecule has 0 unspecified atom stereocenters. The lowest BCUT2D eigenvalue weighted by atomic mass is 10.1. The summed E-state index contributed by atoms with van der Waals surface area (Å²) in [4.78, 5) is 1.02. The second-order valence-electron chi connectivity index (χ2n) is 5.25. The van der Waals surface area contributed by atoms with E-state index >= 15 is 0 Å². The summed E-state index contributed by atoms with van der Waals surface area (Å²) in [6, 6.07) is 29.3. The molecule has 106 valence electrons. The number of fused-ring (bicyclic) bond motifs is 1. The highest BCUT2D eigenvalue weighted by Crippen LogP contribution is 2.38. The quantitative estimate of drug-likeness (QED) is 0.461. The van der Waals surface area contributed by atoms with Crippen LogP contribution >= 0.6 is 12.6 Å². The number of para-hydroxylation sites is 2. The van der Waals surface area contributed by atoms with Crippen LogP contribution in [0.1, 0.15) is 0 Å². The van der Waals surface area contributed by atoms with E-state index in [0.29, 0.717) is 0 Å². The largest absolute Gasteiger partial charge is 0.308 e. The number of rotatable bonds is 2. The second kappa shape index (κ2) is 5.39. The van der Waals surface area contributed by atoms with E-state index in [1.807, 2.05) is 12.1 Å². The van der Waals surface area contributed by atoms with Crippen LogP contribution in [0, 0.1) is 0 Å². The van der Waals surface area contributed by atoms with Crippen molar-refractivity contribution in [3.8, 4) is 16.9 Å². The van der Waals surface area contributed by atoms with Crippen molar-refractivity contribution in [3.05, 3.63) is 84.9 Å². The molecule has 0 amide bonds. The Kier molecular flexibility index (Phi) is 3.24. The summed E-state index contributed by atoms with van der Waals surface area (Å²) in [7, 11) is 0. The summed E-state index contributed by atoms with van der Waals surface area (Å²) in [5.41, 5.74) is 4.64. The van der Waals surface area contributed by atoms with Crippen molar-refractivity contribution < 1.29 is 0 Å². The van der Waals surface area contributed by atoms with E-state index in [9.17, 15) is 0 Å². The molecule has 2 heteroatoms. The van der Waals surface area contributed by atoms with Gasteiger partial charge in [-0.3, -0.25) is 0 Å². The first-order valence-electron chi connectivity index (χ1n) is 7.29. The molecular formula is C20H15NS. The first-order chi connectivity index (χ1) is 10.9. The fraction of sp³-hybridized carbons (Fsp3) is 0. The smallest absolute Gasteiger partial charge is 0.0674 e. The van der Waals surface area contributed by atoms with Gasteiger partial charge in [-0.25, -0.2) is 0 Å². The molecule has 0 atom stereocenters. The highest BCUT2D eigenvalue weighted by atomic mass is 32.1. The molecule has 0 spiro atoms. The van der Waals surface area contributed by atoms with Crippen molar-refractivity contribution in [1.29, 1.82) is 0 Å². The van der Waals surface area contributed by atoms with Gasteiger partial charge in [-0.1, -0.05) is 66.7 Å². The molecule has 0 aliphatic carbocycles. The Morgan fingerprint density at radius 3 is 1.95 bits per heavy atom. The van der Waals surface area contributed by atoms with E-state index in [-0.39, 0.29) is 0 Å². The van der Waals surface area contributed by atoms with E-state index in [2.05, 4.69) is 77.4 Å². The van der Waals surface area contributed by atoms with Gasteiger partial charge in [0.1, 0.15) is 0 Å². The Hall–Kier alpha value is -2.45. The van der Waals surface area contributed by atoms with Crippen LogP contribution in [0.4, 0.5) is 0 Å². The van der Waals surface area contributed by atoms with Gasteiger partial charge in [0.15, 0.2) is 0 Å². The number of benzene rings is 3. The zero-order chi connectivity index (χ0) is 14.9. The highest BCUT2D eigenvalue weighted by molar-refractivity contribution is 7.80. The lowest BCUT2D eigenvalue weighted by Crippen LogP contribution is -1.96. The van der Waals surface area contributed by atoms with Crippen molar-refractivity contribution in [2.45, 2.75) is 4.90 Å². The first-order valence-corrected chi connectivity index (χ1v) is 7.74. The third-order valence-corrected chi connectivity index (χ3v) is 4.36. The Balaban J connectivity index is 2.14. The molecule has 1 nitrogen and oxygen atoms in total. The van der Waals surface area contributed by atoms with E-state index in [1.165, 1.54) is 16.5 Å². The minimum Gasteiger partial charge on any atom is -0.308 e. The highest BCUT2D eigenvalue weighted by Gasteiger charge is 2.16. The van der Waals surface area contributed by atoms with Gasteiger partial charge in [-0.2, -0.15) is 0 Å². The van der Waals surface area contributed by atoms with Gasteiger partial charge in [0.2, 0.25) is 0 Å². The zero-order valence-corrected chi connectivity index (χ0v) is 12.9. The number of hydrogen-bond donors (Lipinski definition) is 1. The molecule has 1 aromatic heterocycles. The predicted octanol–water partition coefficient (Wildman–Crippen LogP) is 5.59.